The zero-order valence-corrected chi connectivity index (χ0v) is 16.1. The van der Waals surface area contributed by atoms with E-state index < -0.39 is 24.8 Å². The highest BCUT2D eigenvalue weighted by atomic mass is 19.1. The summed E-state index contributed by atoms with van der Waals surface area (Å²) < 4.78 is 19.7. The molecule has 3 rings (SSSR count). The van der Waals surface area contributed by atoms with Crippen molar-refractivity contribution in [2.75, 3.05) is 0 Å². The second-order valence-electron chi connectivity index (χ2n) is 7.04. The summed E-state index contributed by atoms with van der Waals surface area (Å²) in [6, 6.07) is 8.06. The van der Waals surface area contributed by atoms with Gasteiger partial charge in [0.15, 0.2) is 5.78 Å². The molecule has 0 saturated carbocycles. The van der Waals surface area contributed by atoms with Crippen molar-refractivity contribution in [1.82, 2.24) is 5.32 Å². The Kier molecular flexibility index (Phi) is 6.31. The third-order valence-electron chi connectivity index (χ3n) is 4.98. The zero-order valence-electron chi connectivity index (χ0n) is 16.1. The highest BCUT2D eigenvalue weighted by molar-refractivity contribution is 6.47. The molecule has 0 aliphatic carbocycles. The molecule has 1 atom stereocenters. The van der Waals surface area contributed by atoms with Gasteiger partial charge in [-0.1, -0.05) is 18.2 Å². The molecule has 0 aromatic heterocycles. The number of hydrogen-bond acceptors (Lipinski definition) is 6. The summed E-state index contributed by atoms with van der Waals surface area (Å²) in [4.78, 5) is 24.2. The molecular formula is C20H23BFN3O4. The second-order valence-corrected chi connectivity index (χ2v) is 7.04. The number of carbonyl (C=O) groups excluding carboxylic acids is 2. The first-order chi connectivity index (χ1) is 13.8. The van der Waals surface area contributed by atoms with Crippen LogP contribution in [0.2, 0.25) is 0 Å². The molecule has 152 valence electrons. The lowest BCUT2D eigenvalue weighted by Gasteiger charge is -2.29. The van der Waals surface area contributed by atoms with Gasteiger partial charge in [-0.25, -0.2) is 4.39 Å². The largest absolute Gasteiger partial charge is 0.547 e. The first-order valence-corrected chi connectivity index (χ1v) is 9.31. The van der Waals surface area contributed by atoms with Gasteiger partial charge in [0.25, 0.3) is 0 Å². The quantitative estimate of drug-likeness (QED) is 0.417. The minimum Gasteiger partial charge on any atom is -0.534 e. The molecule has 0 unspecified atom stereocenters. The average Bonchev–Trinajstić information content (AvgIpc) is 2.67. The van der Waals surface area contributed by atoms with Crippen molar-refractivity contribution < 1.29 is 23.7 Å². The van der Waals surface area contributed by atoms with E-state index in [-0.39, 0.29) is 25.3 Å². The lowest BCUT2D eigenvalue weighted by Crippen LogP contribution is -2.53. The summed E-state index contributed by atoms with van der Waals surface area (Å²) in [5.41, 5.74) is 13.7. The van der Waals surface area contributed by atoms with E-state index in [4.69, 9.17) is 16.1 Å². The molecule has 1 amide bonds. The average molecular weight is 399 g/mol. The Balaban J connectivity index is 1.73. The molecule has 1 aliphatic heterocycles. The first-order valence-electron chi connectivity index (χ1n) is 9.31. The van der Waals surface area contributed by atoms with Crippen LogP contribution in [0.25, 0.3) is 0 Å². The summed E-state index contributed by atoms with van der Waals surface area (Å²) in [5.74, 6) is -1.42. The maximum atomic E-state index is 14.2. The standard InChI is InChI=1S/C20H23BFN3O4/c1-11(26)15-4-2-3-13-8-18(21(28)29-20(13)15)25-19(27)7-12-5-14(9-23)16(10-24)17(22)6-12/h2-6,18,28H,7-10,23-24H2,1H3,(H,25,27)/t18-/m0/s1. The zero-order chi connectivity index (χ0) is 21.1. The fourth-order valence-corrected chi connectivity index (χ4v) is 3.54. The van der Waals surface area contributed by atoms with Crippen molar-refractivity contribution in [2.45, 2.75) is 38.8 Å². The van der Waals surface area contributed by atoms with Crippen LogP contribution in [-0.4, -0.2) is 29.8 Å². The number of fused-ring (bicyclic) bond motifs is 1. The Labute approximate surface area is 168 Å². The van der Waals surface area contributed by atoms with E-state index in [1.807, 2.05) is 0 Å². The predicted octanol–water partition coefficient (Wildman–Crippen LogP) is 0.628. The molecule has 6 N–H and O–H groups in total. The number of benzene rings is 2. The summed E-state index contributed by atoms with van der Waals surface area (Å²) in [5, 5.41) is 13.0. The lowest BCUT2D eigenvalue weighted by molar-refractivity contribution is -0.120. The smallest absolute Gasteiger partial charge is 0.534 e. The van der Waals surface area contributed by atoms with Gasteiger partial charge in [0.1, 0.15) is 11.6 Å². The van der Waals surface area contributed by atoms with Crippen molar-refractivity contribution in [2.24, 2.45) is 11.5 Å². The van der Waals surface area contributed by atoms with Crippen LogP contribution >= 0.6 is 0 Å². The number of amides is 1. The molecule has 7 nitrogen and oxygen atoms in total. The number of Topliss-reactive ketones (excluding diaryl/α,β-unsaturated/α-hetero) is 1. The summed E-state index contributed by atoms with van der Waals surface area (Å²) >= 11 is 0. The molecular weight excluding hydrogens is 376 g/mol. The summed E-state index contributed by atoms with van der Waals surface area (Å²) in [6.45, 7) is 1.56. The minimum atomic E-state index is -1.30. The van der Waals surface area contributed by atoms with Gasteiger partial charge in [-0.05, 0) is 42.2 Å². The second kappa shape index (κ2) is 8.73. The van der Waals surface area contributed by atoms with Crippen molar-refractivity contribution in [3.05, 3.63) is 64.0 Å². The number of ketones is 1. The maximum Gasteiger partial charge on any atom is 0.547 e. The Bertz CT molecular complexity index is 954. The topological polar surface area (TPSA) is 128 Å². The van der Waals surface area contributed by atoms with E-state index in [2.05, 4.69) is 5.32 Å². The van der Waals surface area contributed by atoms with Crippen molar-refractivity contribution in [3.8, 4) is 5.75 Å². The van der Waals surface area contributed by atoms with Crippen LogP contribution in [0, 0.1) is 5.82 Å². The van der Waals surface area contributed by atoms with Gasteiger partial charge in [-0.3, -0.25) is 9.59 Å². The molecule has 2 aromatic rings. The van der Waals surface area contributed by atoms with E-state index in [1.165, 1.54) is 13.0 Å². The van der Waals surface area contributed by atoms with Crippen molar-refractivity contribution >= 4 is 18.8 Å². The number of nitrogens with one attached hydrogen (secondary N) is 1. The third-order valence-corrected chi connectivity index (χ3v) is 4.98. The Morgan fingerprint density at radius 1 is 1.31 bits per heavy atom. The molecule has 0 saturated heterocycles. The van der Waals surface area contributed by atoms with Crippen molar-refractivity contribution in [1.29, 1.82) is 0 Å². The van der Waals surface area contributed by atoms with Crippen LogP contribution in [0.1, 0.15) is 39.5 Å². The number of nitrogens with two attached hydrogens (primary N) is 2. The van der Waals surface area contributed by atoms with Gasteiger partial charge in [0.05, 0.1) is 17.9 Å². The fraction of sp³-hybridized carbons (Fsp3) is 0.300. The maximum absolute atomic E-state index is 14.2. The summed E-state index contributed by atoms with van der Waals surface area (Å²) in [7, 11) is -1.30. The van der Waals surface area contributed by atoms with Gasteiger partial charge in [-0.2, -0.15) is 0 Å². The highest BCUT2D eigenvalue weighted by Crippen LogP contribution is 2.30. The molecule has 1 aliphatic rings. The van der Waals surface area contributed by atoms with Gasteiger partial charge < -0.3 is 26.5 Å². The molecule has 9 heteroatoms. The molecule has 1 heterocycles. The Morgan fingerprint density at radius 2 is 2.07 bits per heavy atom. The van der Waals surface area contributed by atoms with Crippen LogP contribution in [-0.2, 0) is 30.7 Å². The number of para-hydroxylation sites is 1. The first kappa shape index (κ1) is 21.0. The number of hydrogen-bond donors (Lipinski definition) is 4. The van der Waals surface area contributed by atoms with Gasteiger partial charge in [-0.15, -0.1) is 0 Å². The highest BCUT2D eigenvalue weighted by Gasteiger charge is 2.37. The van der Waals surface area contributed by atoms with E-state index in [9.17, 15) is 19.0 Å². The third kappa shape index (κ3) is 4.47. The van der Waals surface area contributed by atoms with E-state index in [1.54, 1.807) is 24.3 Å². The monoisotopic (exact) mass is 399 g/mol. The fourth-order valence-electron chi connectivity index (χ4n) is 3.54. The minimum absolute atomic E-state index is 0.0259. The number of halogens is 1. The normalized spacial score (nSPS) is 15.5. The predicted molar refractivity (Wildman–Crippen MR) is 107 cm³/mol. The molecule has 29 heavy (non-hydrogen) atoms. The van der Waals surface area contributed by atoms with E-state index >= 15 is 0 Å². The van der Waals surface area contributed by atoms with Gasteiger partial charge in [0.2, 0.25) is 5.91 Å². The number of carbonyl (C=O) groups is 2. The van der Waals surface area contributed by atoms with Crippen LogP contribution in [0.15, 0.2) is 30.3 Å². The molecule has 0 radical (unpaired) electrons. The van der Waals surface area contributed by atoms with E-state index in [0.717, 1.165) is 5.56 Å². The van der Waals surface area contributed by atoms with E-state index in [0.29, 0.717) is 34.4 Å². The van der Waals surface area contributed by atoms with Crippen LogP contribution in [0.5, 0.6) is 5.75 Å². The summed E-state index contributed by atoms with van der Waals surface area (Å²) in [6.07, 6.45) is 0.218. The van der Waals surface area contributed by atoms with Gasteiger partial charge in [0, 0.05) is 18.7 Å². The molecule has 0 bridgehead atoms. The molecule has 0 fully saturated rings. The van der Waals surface area contributed by atoms with Crippen LogP contribution in [0.4, 0.5) is 4.39 Å². The SMILES string of the molecule is CC(=O)c1cccc2c1OB(O)[C@@H](NC(=O)Cc1cc(F)c(CN)c(CN)c1)C2. The Morgan fingerprint density at radius 3 is 2.72 bits per heavy atom. The van der Waals surface area contributed by atoms with Crippen molar-refractivity contribution in [3.63, 3.8) is 0 Å². The van der Waals surface area contributed by atoms with Crippen LogP contribution in [0.3, 0.4) is 0 Å². The molecule has 0 spiro atoms. The van der Waals surface area contributed by atoms with Gasteiger partial charge >= 0.3 is 7.12 Å². The van der Waals surface area contributed by atoms with Crippen LogP contribution < -0.4 is 21.4 Å². The number of rotatable bonds is 6. The Hall–Kier alpha value is -2.75. The lowest BCUT2D eigenvalue weighted by atomic mass is 9.72. The molecule has 2 aromatic carbocycles.